The second kappa shape index (κ2) is 10.3. The van der Waals surface area contributed by atoms with E-state index in [2.05, 4.69) is 12.2 Å². The zero-order valence-corrected chi connectivity index (χ0v) is 18.1. The van der Waals surface area contributed by atoms with E-state index in [1.54, 1.807) is 0 Å². The molecule has 2 atom stereocenters. The third kappa shape index (κ3) is 5.11. The zero-order chi connectivity index (χ0) is 19.9. The van der Waals surface area contributed by atoms with Crippen LogP contribution in [0.3, 0.4) is 0 Å². The zero-order valence-electron chi connectivity index (χ0n) is 17.3. The molecular weight excluding hydrogens is 368 g/mol. The van der Waals surface area contributed by atoms with E-state index in [1.807, 2.05) is 47.9 Å². The monoisotopic (exact) mass is 402 g/mol. The summed E-state index contributed by atoms with van der Waals surface area (Å²) >= 11 is 1.81. The van der Waals surface area contributed by atoms with Crippen LogP contribution in [0.1, 0.15) is 74.2 Å². The third-order valence-electron chi connectivity index (χ3n) is 6.00. The minimum absolute atomic E-state index is 0.00859. The molecule has 1 aliphatic carbocycles. The molecule has 0 spiro atoms. The number of hydrogen-bond acceptors (Lipinski definition) is 3. The molecule has 2 unspecified atom stereocenters. The van der Waals surface area contributed by atoms with Crippen molar-refractivity contribution in [3.05, 3.63) is 35.4 Å². The van der Waals surface area contributed by atoms with E-state index in [4.69, 9.17) is 0 Å². The van der Waals surface area contributed by atoms with E-state index in [9.17, 15) is 9.59 Å². The highest BCUT2D eigenvalue weighted by atomic mass is 32.2. The number of hydrogen-bond donors (Lipinski definition) is 1. The van der Waals surface area contributed by atoms with Gasteiger partial charge in [0.1, 0.15) is 6.04 Å². The molecule has 4 nitrogen and oxygen atoms in total. The van der Waals surface area contributed by atoms with Crippen LogP contribution in [0.4, 0.5) is 0 Å². The lowest BCUT2D eigenvalue weighted by Gasteiger charge is -2.35. The van der Waals surface area contributed by atoms with E-state index in [-0.39, 0.29) is 23.2 Å². The summed E-state index contributed by atoms with van der Waals surface area (Å²) in [6, 6.07) is 7.40. The molecule has 2 amide bonds. The smallest absolute Gasteiger partial charge is 0.255 e. The fraction of sp³-hybridized carbons (Fsp3) is 0.652. The predicted octanol–water partition coefficient (Wildman–Crippen LogP) is 4.77. The summed E-state index contributed by atoms with van der Waals surface area (Å²) in [7, 11) is 0. The number of rotatable bonds is 7. The van der Waals surface area contributed by atoms with Crippen molar-refractivity contribution in [3.8, 4) is 0 Å². The first kappa shape index (κ1) is 21.2. The Bertz CT molecular complexity index is 655. The number of amides is 2. The summed E-state index contributed by atoms with van der Waals surface area (Å²) in [5, 5.41) is 3.21. The lowest BCUT2D eigenvalue weighted by molar-refractivity contribution is -0.125. The maximum Gasteiger partial charge on any atom is 0.255 e. The Morgan fingerprint density at radius 1 is 1.11 bits per heavy atom. The maximum absolute atomic E-state index is 13.4. The minimum atomic E-state index is -0.354. The number of unbranched alkanes of at least 4 members (excludes halogenated alkanes) is 2. The van der Waals surface area contributed by atoms with E-state index < -0.39 is 0 Å². The van der Waals surface area contributed by atoms with E-state index in [0.29, 0.717) is 23.8 Å². The molecule has 1 heterocycles. The molecule has 154 valence electrons. The molecule has 5 heteroatoms. The Kier molecular flexibility index (Phi) is 7.83. The first-order valence-corrected chi connectivity index (χ1v) is 12.0. The average Bonchev–Trinajstić information content (AvgIpc) is 3.17. The highest BCUT2D eigenvalue weighted by Gasteiger charge is 2.45. The summed E-state index contributed by atoms with van der Waals surface area (Å²) in [5.74, 6) is 1.24. The largest absolute Gasteiger partial charge is 0.354 e. The van der Waals surface area contributed by atoms with Crippen molar-refractivity contribution in [2.24, 2.45) is 5.92 Å². The maximum atomic E-state index is 13.4. The molecule has 1 aromatic carbocycles. The Labute approximate surface area is 173 Å². The number of carbonyl (C=O) groups excluding carboxylic acids is 2. The lowest BCUT2D eigenvalue weighted by atomic mass is 9.88. The van der Waals surface area contributed by atoms with Crippen LogP contribution in [0.2, 0.25) is 0 Å². The predicted molar refractivity (Wildman–Crippen MR) is 116 cm³/mol. The van der Waals surface area contributed by atoms with Gasteiger partial charge in [-0.1, -0.05) is 56.7 Å². The molecule has 0 radical (unpaired) electrons. The summed E-state index contributed by atoms with van der Waals surface area (Å²) in [6.07, 6.45) is 9.36. The highest BCUT2D eigenvalue weighted by molar-refractivity contribution is 8.00. The molecule has 1 aliphatic heterocycles. The summed E-state index contributed by atoms with van der Waals surface area (Å²) in [6.45, 7) is 4.89. The van der Waals surface area contributed by atoms with Crippen molar-refractivity contribution in [2.75, 3.05) is 12.3 Å². The normalized spacial score (nSPS) is 23.0. The topological polar surface area (TPSA) is 49.4 Å². The molecular formula is C23H34N2O2S. The number of nitrogens with zero attached hydrogens (tertiary/aromatic N) is 1. The molecule has 3 rings (SSSR count). The molecule has 2 fully saturated rings. The van der Waals surface area contributed by atoms with Gasteiger partial charge in [0.25, 0.3) is 5.91 Å². The second-order valence-corrected chi connectivity index (χ2v) is 9.36. The first-order valence-electron chi connectivity index (χ1n) is 10.9. The fourth-order valence-electron chi connectivity index (χ4n) is 4.32. The van der Waals surface area contributed by atoms with Crippen LogP contribution in [-0.2, 0) is 4.79 Å². The van der Waals surface area contributed by atoms with Gasteiger partial charge in [0.05, 0.1) is 5.37 Å². The van der Waals surface area contributed by atoms with E-state index >= 15 is 0 Å². The first-order chi connectivity index (χ1) is 13.6. The van der Waals surface area contributed by atoms with Gasteiger partial charge >= 0.3 is 0 Å². The molecule has 1 aromatic rings. The molecule has 1 saturated carbocycles. The van der Waals surface area contributed by atoms with Crippen LogP contribution in [-0.4, -0.2) is 40.4 Å². The van der Waals surface area contributed by atoms with Gasteiger partial charge in [-0.3, -0.25) is 9.59 Å². The van der Waals surface area contributed by atoms with Crippen LogP contribution < -0.4 is 5.32 Å². The van der Waals surface area contributed by atoms with Crippen molar-refractivity contribution in [2.45, 2.75) is 76.6 Å². The summed E-state index contributed by atoms with van der Waals surface area (Å²) < 4.78 is 0. The highest BCUT2D eigenvalue weighted by Crippen LogP contribution is 2.41. The molecule has 2 aliphatic rings. The van der Waals surface area contributed by atoms with Crippen LogP contribution in [0.15, 0.2) is 24.3 Å². The lowest BCUT2D eigenvalue weighted by Crippen LogP contribution is -2.51. The van der Waals surface area contributed by atoms with E-state index in [1.165, 1.54) is 32.1 Å². The number of carbonyl (C=O) groups is 2. The number of thioether (sulfide) groups is 1. The van der Waals surface area contributed by atoms with Gasteiger partial charge < -0.3 is 10.2 Å². The molecule has 0 aromatic heterocycles. The van der Waals surface area contributed by atoms with Crippen molar-refractivity contribution in [1.82, 2.24) is 10.2 Å². The van der Waals surface area contributed by atoms with Crippen LogP contribution >= 0.6 is 11.8 Å². The number of benzene rings is 1. The van der Waals surface area contributed by atoms with Crippen LogP contribution in [0.5, 0.6) is 0 Å². The van der Waals surface area contributed by atoms with Gasteiger partial charge in [-0.15, -0.1) is 11.8 Å². The summed E-state index contributed by atoms with van der Waals surface area (Å²) in [5.41, 5.74) is 1.83. The van der Waals surface area contributed by atoms with E-state index in [0.717, 1.165) is 24.8 Å². The Hall–Kier alpha value is -1.49. The molecule has 0 bridgehead atoms. The standard InChI is InChI=1S/C23H34N2O2S/c1-3-4-8-15-24-21(26)20-16-28-23(19-9-6-5-7-10-19)25(20)22(27)18-13-11-17(2)12-14-18/h11-14,19-20,23H,3-10,15-16H2,1-2H3,(H,24,26). The van der Waals surface area contributed by atoms with Crippen molar-refractivity contribution < 1.29 is 9.59 Å². The minimum Gasteiger partial charge on any atom is -0.354 e. The molecule has 28 heavy (non-hydrogen) atoms. The SMILES string of the molecule is CCCCCNC(=O)C1CSC(C2CCCCC2)N1C(=O)c1ccc(C)cc1. The van der Waals surface area contributed by atoms with Crippen molar-refractivity contribution >= 4 is 23.6 Å². The Balaban J connectivity index is 1.77. The van der Waals surface area contributed by atoms with Crippen LogP contribution in [0, 0.1) is 12.8 Å². The summed E-state index contributed by atoms with van der Waals surface area (Å²) in [4.78, 5) is 28.3. The van der Waals surface area contributed by atoms with Gasteiger partial charge in [0.2, 0.25) is 5.91 Å². The Morgan fingerprint density at radius 3 is 2.50 bits per heavy atom. The fourth-order valence-corrected chi connectivity index (χ4v) is 5.96. The van der Waals surface area contributed by atoms with Gasteiger partial charge in [-0.05, 0) is 44.2 Å². The van der Waals surface area contributed by atoms with Crippen molar-refractivity contribution in [3.63, 3.8) is 0 Å². The number of nitrogens with one attached hydrogen (secondary N) is 1. The number of aryl methyl sites for hydroxylation is 1. The van der Waals surface area contributed by atoms with Crippen LogP contribution in [0.25, 0.3) is 0 Å². The molecule has 1 N–H and O–H groups in total. The van der Waals surface area contributed by atoms with Gasteiger partial charge in [0.15, 0.2) is 0 Å². The quantitative estimate of drug-likeness (QED) is 0.669. The van der Waals surface area contributed by atoms with Gasteiger partial charge in [0, 0.05) is 17.9 Å². The van der Waals surface area contributed by atoms with Gasteiger partial charge in [-0.25, -0.2) is 0 Å². The Morgan fingerprint density at radius 2 is 1.82 bits per heavy atom. The molecule has 1 saturated heterocycles. The average molecular weight is 403 g/mol. The third-order valence-corrected chi connectivity index (χ3v) is 7.46. The van der Waals surface area contributed by atoms with Gasteiger partial charge in [-0.2, -0.15) is 0 Å². The second-order valence-electron chi connectivity index (χ2n) is 8.21. The van der Waals surface area contributed by atoms with Crippen molar-refractivity contribution in [1.29, 1.82) is 0 Å².